The van der Waals surface area contributed by atoms with Crippen LogP contribution in [0.1, 0.15) is 44.7 Å². The summed E-state index contributed by atoms with van der Waals surface area (Å²) in [6, 6.07) is 5.42. The summed E-state index contributed by atoms with van der Waals surface area (Å²) >= 11 is 0. The summed E-state index contributed by atoms with van der Waals surface area (Å²) in [5, 5.41) is 0. The zero-order valence-corrected chi connectivity index (χ0v) is 13.5. The van der Waals surface area contributed by atoms with Gasteiger partial charge in [0.05, 0.1) is 4.90 Å². The van der Waals surface area contributed by atoms with Crippen LogP contribution in [-0.2, 0) is 23.0 Å². The second-order valence-electron chi connectivity index (χ2n) is 5.43. The van der Waals surface area contributed by atoms with Crippen LogP contribution >= 0.6 is 0 Å². The van der Waals surface area contributed by atoms with Crippen LogP contribution in [0.2, 0.25) is 0 Å². The van der Waals surface area contributed by atoms with Crippen molar-refractivity contribution in [3.8, 4) is 0 Å². The molecular weight excluding hydrogens is 272 g/mol. The van der Waals surface area contributed by atoms with Crippen molar-refractivity contribution in [1.82, 2.24) is 4.72 Å². The molecule has 0 heterocycles. The molecule has 0 radical (unpaired) electrons. The fourth-order valence-corrected chi connectivity index (χ4v) is 3.50. The van der Waals surface area contributed by atoms with Crippen LogP contribution in [0.4, 0.5) is 0 Å². The van der Waals surface area contributed by atoms with E-state index in [2.05, 4.69) is 18.6 Å². The number of hydrogen-bond acceptors (Lipinski definition) is 3. The first-order valence-electron chi connectivity index (χ1n) is 7.22. The highest BCUT2D eigenvalue weighted by atomic mass is 32.2. The van der Waals surface area contributed by atoms with E-state index < -0.39 is 10.0 Å². The molecule has 1 aromatic rings. The summed E-state index contributed by atoms with van der Waals surface area (Å²) in [6.07, 6.45) is 2.56. The Morgan fingerprint density at radius 3 is 2.55 bits per heavy atom. The van der Waals surface area contributed by atoms with Gasteiger partial charge >= 0.3 is 0 Å². The lowest BCUT2D eigenvalue weighted by atomic mass is 10.1. The number of nitrogens with one attached hydrogen (secondary N) is 1. The first-order valence-corrected chi connectivity index (χ1v) is 8.70. The van der Waals surface area contributed by atoms with E-state index in [4.69, 9.17) is 5.73 Å². The molecule has 0 saturated heterocycles. The number of nitrogens with two attached hydrogens (primary N) is 1. The van der Waals surface area contributed by atoms with Crippen molar-refractivity contribution in [2.75, 3.05) is 6.54 Å². The maximum atomic E-state index is 12.4. The van der Waals surface area contributed by atoms with Gasteiger partial charge in [-0.15, -0.1) is 0 Å². The van der Waals surface area contributed by atoms with E-state index in [1.54, 1.807) is 6.07 Å². The Balaban J connectivity index is 2.85. The third kappa shape index (κ3) is 4.89. The molecule has 0 aliphatic heterocycles. The van der Waals surface area contributed by atoms with Crippen LogP contribution in [0, 0.1) is 5.92 Å². The van der Waals surface area contributed by atoms with Gasteiger partial charge in [-0.1, -0.05) is 32.9 Å². The summed E-state index contributed by atoms with van der Waals surface area (Å²) < 4.78 is 27.4. The van der Waals surface area contributed by atoms with Gasteiger partial charge in [-0.2, -0.15) is 0 Å². The molecule has 0 bridgehead atoms. The topological polar surface area (TPSA) is 72.2 Å². The summed E-state index contributed by atoms with van der Waals surface area (Å²) in [5.74, 6) is 0.589. The molecule has 0 atom stereocenters. The van der Waals surface area contributed by atoms with Crippen LogP contribution in [0.5, 0.6) is 0 Å². The summed E-state index contributed by atoms with van der Waals surface area (Å²) in [4.78, 5) is 0.368. The van der Waals surface area contributed by atoms with Gasteiger partial charge < -0.3 is 5.73 Å². The first kappa shape index (κ1) is 17.1. The molecule has 1 aromatic carbocycles. The number of aryl methyl sites for hydroxylation is 1. The number of hydrogen-bond donors (Lipinski definition) is 2. The number of rotatable bonds is 8. The molecule has 0 saturated carbocycles. The molecule has 0 aliphatic rings. The normalized spacial score (nSPS) is 12.1. The molecule has 0 amide bonds. The summed E-state index contributed by atoms with van der Waals surface area (Å²) in [5.41, 5.74) is 7.26. The zero-order chi connectivity index (χ0) is 15.2. The van der Waals surface area contributed by atoms with E-state index in [-0.39, 0.29) is 0 Å². The molecule has 0 aliphatic carbocycles. The lowest BCUT2D eigenvalue weighted by molar-refractivity contribution is 0.539. The Morgan fingerprint density at radius 2 is 2.00 bits per heavy atom. The average molecular weight is 298 g/mol. The average Bonchev–Trinajstić information content (AvgIpc) is 2.42. The van der Waals surface area contributed by atoms with Gasteiger partial charge in [0.15, 0.2) is 0 Å². The Hall–Kier alpha value is -0.910. The molecule has 114 valence electrons. The smallest absolute Gasteiger partial charge is 0.240 e. The number of sulfonamides is 1. The Labute approximate surface area is 122 Å². The lowest BCUT2D eigenvalue weighted by Gasteiger charge is -2.12. The third-order valence-electron chi connectivity index (χ3n) is 3.29. The van der Waals surface area contributed by atoms with Gasteiger partial charge in [0.1, 0.15) is 0 Å². The van der Waals surface area contributed by atoms with E-state index >= 15 is 0 Å². The molecule has 0 fully saturated rings. The minimum atomic E-state index is -3.44. The van der Waals surface area contributed by atoms with Crippen molar-refractivity contribution in [1.29, 1.82) is 0 Å². The largest absolute Gasteiger partial charge is 0.326 e. The van der Waals surface area contributed by atoms with Crippen LogP contribution in [0.25, 0.3) is 0 Å². The maximum absolute atomic E-state index is 12.4. The molecule has 4 nitrogen and oxygen atoms in total. The van der Waals surface area contributed by atoms with Gasteiger partial charge in [-0.25, -0.2) is 13.1 Å². The SMILES string of the molecule is CCc1ccc(CN)cc1S(=O)(=O)NCCCC(C)C. The summed E-state index contributed by atoms with van der Waals surface area (Å²) in [7, 11) is -3.44. The van der Waals surface area contributed by atoms with Crippen LogP contribution < -0.4 is 10.5 Å². The van der Waals surface area contributed by atoms with E-state index in [1.165, 1.54) is 0 Å². The predicted molar refractivity (Wildman–Crippen MR) is 83.0 cm³/mol. The van der Waals surface area contributed by atoms with Crippen LogP contribution in [0.3, 0.4) is 0 Å². The van der Waals surface area contributed by atoms with Crippen molar-refractivity contribution in [2.24, 2.45) is 11.7 Å². The van der Waals surface area contributed by atoms with Crippen molar-refractivity contribution in [2.45, 2.75) is 51.5 Å². The maximum Gasteiger partial charge on any atom is 0.240 e. The zero-order valence-electron chi connectivity index (χ0n) is 12.6. The summed E-state index contributed by atoms with van der Waals surface area (Å²) in [6.45, 7) is 7.05. The standard InChI is InChI=1S/C15H26N2O2S/c1-4-14-8-7-13(11-16)10-15(14)20(18,19)17-9-5-6-12(2)3/h7-8,10,12,17H,4-6,9,11,16H2,1-3H3. The van der Waals surface area contributed by atoms with E-state index in [9.17, 15) is 8.42 Å². The van der Waals surface area contributed by atoms with Crippen molar-refractivity contribution < 1.29 is 8.42 Å². The minimum Gasteiger partial charge on any atom is -0.326 e. The fraction of sp³-hybridized carbons (Fsp3) is 0.600. The second kappa shape index (κ2) is 7.76. The van der Waals surface area contributed by atoms with Crippen molar-refractivity contribution in [3.05, 3.63) is 29.3 Å². The fourth-order valence-electron chi connectivity index (χ4n) is 2.06. The quantitative estimate of drug-likeness (QED) is 0.724. The molecule has 0 unspecified atom stereocenters. The van der Waals surface area contributed by atoms with Crippen molar-refractivity contribution in [3.63, 3.8) is 0 Å². The van der Waals surface area contributed by atoms with Crippen LogP contribution in [0.15, 0.2) is 23.1 Å². The highest BCUT2D eigenvalue weighted by Crippen LogP contribution is 2.18. The van der Waals surface area contributed by atoms with Crippen molar-refractivity contribution >= 4 is 10.0 Å². The van der Waals surface area contributed by atoms with E-state index in [1.807, 2.05) is 19.1 Å². The minimum absolute atomic E-state index is 0.347. The Kier molecular flexibility index (Phi) is 6.65. The van der Waals surface area contributed by atoms with Gasteiger partial charge in [0.25, 0.3) is 0 Å². The molecule has 3 N–H and O–H groups in total. The highest BCUT2D eigenvalue weighted by Gasteiger charge is 2.17. The van der Waals surface area contributed by atoms with Crippen LogP contribution in [-0.4, -0.2) is 15.0 Å². The van der Waals surface area contributed by atoms with E-state index in [0.29, 0.717) is 30.3 Å². The Bertz CT molecular complexity index is 525. The lowest BCUT2D eigenvalue weighted by Crippen LogP contribution is -2.26. The monoisotopic (exact) mass is 298 g/mol. The molecule has 1 rings (SSSR count). The third-order valence-corrected chi connectivity index (χ3v) is 4.83. The molecule has 20 heavy (non-hydrogen) atoms. The Morgan fingerprint density at radius 1 is 1.30 bits per heavy atom. The molecule has 0 aromatic heterocycles. The predicted octanol–water partition coefficient (Wildman–Crippen LogP) is 2.42. The van der Waals surface area contributed by atoms with E-state index in [0.717, 1.165) is 24.0 Å². The van der Waals surface area contributed by atoms with Gasteiger partial charge in [0.2, 0.25) is 10.0 Å². The molecule has 5 heteroatoms. The molecular formula is C15H26N2O2S. The number of benzene rings is 1. The highest BCUT2D eigenvalue weighted by molar-refractivity contribution is 7.89. The second-order valence-corrected chi connectivity index (χ2v) is 7.17. The van der Waals surface area contributed by atoms with Gasteiger partial charge in [0, 0.05) is 13.1 Å². The first-order chi connectivity index (χ1) is 9.40. The van der Waals surface area contributed by atoms with Gasteiger partial charge in [-0.05, 0) is 42.4 Å². The van der Waals surface area contributed by atoms with Gasteiger partial charge in [-0.3, -0.25) is 0 Å². The molecule has 0 spiro atoms.